The number of carboxylic acid groups (broad SMARTS) is 1. The summed E-state index contributed by atoms with van der Waals surface area (Å²) in [4.78, 5) is 21.9. The van der Waals surface area contributed by atoms with E-state index in [1.54, 1.807) is 0 Å². The van der Waals surface area contributed by atoms with Crippen molar-refractivity contribution < 1.29 is 39.5 Å². The van der Waals surface area contributed by atoms with E-state index in [4.69, 9.17) is 14.6 Å². The maximum Gasteiger partial charge on any atom is 0.335 e. The quantitative estimate of drug-likeness (QED) is 0.414. The number of anilines is 1. The van der Waals surface area contributed by atoms with Crippen molar-refractivity contribution in [1.29, 1.82) is 0 Å². The van der Waals surface area contributed by atoms with Gasteiger partial charge in [0, 0.05) is 42.2 Å². The first-order chi connectivity index (χ1) is 10.8. The van der Waals surface area contributed by atoms with Crippen LogP contribution in [-0.4, -0.2) is 92.6 Å². The summed E-state index contributed by atoms with van der Waals surface area (Å²) in [6.45, 7) is 1.36. The number of ether oxygens (including phenoxy) is 2. The van der Waals surface area contributed by atoms with Gasteiger partial charge in [0.25, 0.3) is 0 Å². The second kappa shape index (κ2) is 8.77. The average molecular weight is 350 g/mol. The van der Waals surface area contributed by atoms with E-state index in [0.717, 1.165) is 0 Å². The number of aliphatic carboxylic acids is 1. The topological polar surface area (TPSA) is 146 Å². The molecule has 9 nitrogen and oxygen atoms in total. The summed E-state index contributed by atoms with van der Waals surface area (Å²) >= 11 is 0. The molecule has 0 unspecified atom stereocenters. The SMILES string of the molecule is CC(=O)Nc1ccc(O[C@@H]2O[C@H](C(=O)O)[C@@H](O)[C@H](O)[C@H]2O)cc1.[Na]. The molecule has 1 heterocycles. The van der Waals surface area contributed by atoms with Crippen molar-refractivity contribution in [3.63, 3.8) is 0 Å². The summed E-state index contributed by atoms with van der Waals surface area (Å²) in [5, 5.41) is 40.6. The summed E-state index contributed by atoms with van der Waals surface area (Å²) in [6, 6.07) is 6.00. The van der Waals surface area contributed by atoms with Gasteiger partial charge in [-0.3, -0.25) is 4.79 Å². The predicted octanol–water partition coefficient (Wildman–Crippen LogP) is -1.46. The van der Waals surface area contributed by atoms with E-state index in [1.165, 1.54) is 31.2 Å². The molecule has 5 atom stereocenters. The fourth-order valence-corrected chi connectivity index (χ4v) is 2.10. The van der Waals surface area contributed by atoms with Crippen LogP contribution in [-0.2, 0) is 14.3 Å². The third kappa shape index (κ3) is 4.90. The second-order valence-electron chi connectivity index (χ2n) is 5.06. The Morgan fingerprint density at radius 2 is 1.67 bits per heavy atom. The zero-order chi connectivity index (χ0) is 17.1. The van der Waals surface area contributed by atoms with Crippen LogP contribution in [0.25, 0.3) is 0 Å². The Hall–Kier alpha value is -1.20. The maximum atomic E-state index is 11.0. The Labute approximate surface area is 159 Å². The van der Waals surface area contributed by atoms with E-state index in [0.29, 0.717) is 5.69 Å². The van der Waals surface area contributed by atoms with Gasteiger partial charge in [-0.2, -0.15) is 0 Å². The van der Waals surface area contributed by atoms with E-state index in [2.05, 4.69) is 5.32 Å². The Balaban J connectivity index is 0.00000288. The zero-order valence-electron chi connectivity index (χ0n) is 13.1. The van der Waals surface area contributed by atoms with Crippen LogP contribution < -0.4 is 10.1 Å². The zero-order valence-corrected chi connectivity index (χ0v) is 15.1. The maximum absolute atomic E-state index is 11.0. The number of benzene rings is 1. The van der Waals surface area contributed by atoms with Gasteiger partial charge >= 0.3 is 5.97 Å². The van der Waals surface area contributed by atoms with Gasteiger partial charge in [0.2, 0.25) is 12.2 Å². The van der Waals surface area contributed by atoms with Crippen molar-refractivity contribution in [3.8, 4) is 5.75 Å². The molecule has 2 rings (SSSR count). The van der Waals surface area contributed by atoms with Crippen LogP contribution in [0.5, 0.6) is 5.75 Å². The van der Waals surface area contributed by atoms with Crippen LogP contribution in [0, 0.1) is 0 Å². The van der Waals surface area contributed by atoms with Gasteiger partial charge in [0.15, 0.2) is 6.10 Å². The average Bonchev–Trinajstić information content (AvgIpc) is 2.48. The van der Waals surface area contributed by atoms with Crippen molar-refractivity contribution in [2.45, 2.75) is 37.6 Å². The molecule has 1 aromatic rings. The standard InChI is InChI=1S/C14H17NO8.Na/c1-6(16)15-7-2-4-8(5-3-7)22-14-11(19)9(17)10(18)12(23-14)13(20)21;/h2-5,9-12,14,17-19H,1H3,(H,15,16)(H,20,21);/t9-,10-,11+,12-,14+;/m0./s1. The fraction of sp³-hybridized carbons (Fsp3) is 0.429. The van der Waals surface area contributed by atoms with Crippen molar-refractivity contribution in [2.24, 2.45) is 0 Å². The summed E-state index contributed by atoms with van der Waals surface area (Å²) in [7, 11) is 0. The number of amides is 1. The van der Waals surface area contributed by atoms with E-state index < -0.39 is 36.7 Å². The number of hydrogen-bond donors (Lipinski definition) is 5. The molecular weight excluding hydrogens is 333 g/mol. The first-order valence-electron chi connectivity index (χ1n) is 6.76. The molecule has 1 radical (unpaired) electrons. The summed E-state index contributed by atoms with van der Waals surface area (Å²) in [5.41, 5.74) is 0.522. The minimum absolute atomic E-state index is 0. The fourth-order valence-electron chi connectivity index (χ4n) is 2.10. The molecule has 5 N–H and O–H groups in total. The molecule has 0 aromatic heterocycles. The largest absolute Gasteiger partial charge is 0.479 e. The molecule has 1 fully saturated rings. The van der Waals surface area contributed by atoms with E-state index in [9.17, 15) is 24.9 Å². The van der Waals surface area contributed by atoms with Gasteiger partial charge < -0.3 is 35.2 Å². The smallest absolute Gasteiger partial charge is 0.335 e. The van der Waals surface area contributed by atoms with Gasteiger partial charge in [-0.1, -0.05) is 0 Å². The van der Waals surface area contributed by atoms with E-state index >= 15 is 0 Å². The normalized spacial score (nSPS) is 29.2. The summed E-state index contributed by atoms with van der Waals surface area (Å²) in [5.74, 6) is -1.51. The first kappa shape index (κ1) is 20.8. The minimum atomic E-state index is -1.77. The first-order valence-corrected chi connectivity index (χ1v) is 6.76. The van der Waals surface area contributed by atoms with Crippen LogP contribution in [0.1, 0.15) is 6.92 Å². The molecule has 1 aliphatic rings. The Morgan fingerprint density at radius 1 is 1.08 bits per heavy atom. The predicted molar refractivity (Wildman–Crippen MR) is 81.4 cm³/mol. The number of carboxylic acids is 1. The molecule has 1 amide bonds. The Kier molecular flexibility index (Phi) is 7.61. The Bertz CT molecular complexity index is 581. The summed E-state index contributed by atoms with van der Waals surface area (Å²) in [6.07, 6.45) is -8.33. The number of hydrogen-bond acceptors (Lipinski definition) is 7. The van der Waals surface area contributed by atoms with Gasteiger partial charge in [0.05, 0.1) is 0 Å². The molecule has 10 heteroatoms. The van der Waals surface area contributed by atoms with Crippen LogP contribution in [0.15, 0.2) is 24.3 Å². The third-order valence-electron chi connectivity index (χ3n) is 3.24. The van der Waals surface area contributed by atoms with Gasteiger partial charge in [-0.05, 0) is 24.3 Å². The van der Waals surface area contributed by atoms with Gasteiger partial charge in [-0.25, -0.2) is 4.79 Å². The van der Waals surface area contributed by atoms with E-state index in [-0.39, 0.29) is 41.2 Å². The molecular formula is C14H17NNaO8. The second-order valence-corrected chi connectivity index (χ2v) is 5.06. The molecule has 1 saturated heterocycles. The number of carbonyl (C=O) groups excluding carboxylic acids is 1. The molecule has 0 bridgehead atoms. The number of nitrogens with one attached hydrogen (secondary N) is 1. The molecule has 1 aromatic carbocycles. The number of rotatable bonds is 4. The van der Waals surface area contributed by atoms with Crippen molar-refractivity contribution in [3.05, 3.63) is 24.3 Å². The minimum Gasteiger partial charge on any atom is -0.479 e. The van der Waals surface area contributed by atoms with Crippen LogP contribution in [0.2, 0.25) is 0 Å². The van der Waals surface area contributed by atoms with Crippen LogP contribution in [0.3, 0.4) is 0 Å². The number of aliphatic hydroxyl groups is 3. The molecule has 0 spiro atoms. The van der Waals surface area contributed by atoms with Gasteiger partial charge in [0.1, 0.15) is 24.1 Å². The van der Waals surface area contributed by atoms with Crippen molar-refractivity contribution >= 4 is 47.1 Å². The molecule has 1 aliphatic heterocycles. The molecule has 0 saturated carbocycles. The molecule has 127 valence electrons. The number of aliphatic hydroxyl groups excluding tert-OH is 3. The van der Waals surface area contributed by atoms with Crippen molar-refractivity contribution in [1.82, 2.24) is 0 Å². The monoisotopic (exact) mass is 350 g/mol. The number of carbonyl (C=O) groups is 2. The summed E-state index contributed by atoms with van der Waals surface area (Å²) < 4.78 is 10.3. The van der Waals surface area contributed by atoms with Crippen LogP contribution >= 0.6 is 0 Å². The Morgan fingerprint density at radius 3 is 2.17 bits per heavy atom. The van der Waals surface area contributed by atoms with Gasteiger partial charge in [-0.15, -0.1) is 0 Å². The van der Waals surface area contributed by atoms with Crippen molar-refractivity contribution in [2.75, 3.05) is 5.32 Å². The molecule has 0 aliphatic carbocycles. The molecule has 24 heavy (non-hydrogen) atoms. The van der Waals surface area contributed by atoms with E-state index in [1.807, 2.05) is 0 Å². The van der Waals surface area contributed by atoms with Crippen LogP contribution in [0.4, 0.5) is 5.69 Å². The third-order valence-corrected chi connectivity index (χ3v) is 3.24.